The van der Waals surface area contributed by atoms with Gasteiger partial charge in [0.15, 0.2) is 0 Å². The predicted molar refractivity (Wildman–Crippen MR) is 139 cm³/mol. The highest BCUT2D eigenvalue weighted by molar-refractivity contribution is 7.88. The lowest BCUT2D eigenvalue weighted by atomic mass is 10.0. The molecule has 0 radical (unpaired) electrons. The molecule has 2 aliphatic heterocycles. The van der Waals surface area contributed by atoms with Gasteiger partial charge in [0.1, 0.15) is 24.6 Å². The van der Waals surface area contributed by atoms with E-state index in [2.05, 4.69) is 5.32 Å². The molecule has 2 aliphatic rings. The summed E-state index contributed by atoms with van der Waals surface area (Å²) in [6.07, 6.45) is 0.113. The highest BCUT2D eigenvalue weighted by atomic mass is 35.5. The maximum Gasteiger partial charge on any atom is 0.243 e. The summed E-state index contributed by atoms with van der Waals surface area (Å²) in [5, 5.41) is 3.46. The van der Waals surface area contributed by atoms with Crippen LogP contribution in [0.4, 0.5) is 8.78 Å². The lowest BCUT2D eigenvalue weighted by molar-refractivity contribution is -0.139. The van der Waals surface area contributed by atoms with Crippen molar-refractivity contribution in [3.63, 3.8) is 0 Å². The van der Waals surface area contributed by atoms with E-state index in [1.54, 1.807) is 10.6 Å². The highest BCUT2D eigenvalue weighted by Crippen LogP contribution is 2.32. The Morgan fingerprint density at radius 2 is 1.92 bits per heavy atom. The SMILES string of the molecule is CS(=O)(=O)N1CCc2c(n(CC(=O)N3CC(F)CC3C(=O)NCc3cccc(Cl)c3F)c3ccccc23)C1. The van der Waals surface area contributed by atoms with Crippen molar-refractivity contribution in [1.29, 1.82) is 0 Å². The number of alkyl halides is 1. The number of fused-ring (bicyclic) bond motifs is 3. The van der Waals surface area contributed by atoms with Crippen molar-refractivity contribution in [3.8, 4) is 0 Å². The maximum absolute atomic E-state index is 14.5. The number of halogens is 3. The van der Waals surface area contributed by atoms with Crippen LogP contribution in [0.25, 0.3) is 10.9 Å². The van der Waals surface area contributed by atoms with Crippen LogP contribution in [0.2, 0.25) is 5.02 Å². The summed E-state index contributed by atoms with van der Waals surface area (Å²) in [5.41, 5.74) is 2.65. The third-order valence-electron chi connectivity index (χ3n) is 7.25. The number of amides is 2. The molecule has 0 saturated carbocycles. The van der Waals surface area contributed by atoms with Gasteiger partial charge in [0, 0.05) is 41.7 Å². The molecule has 3 aromatic rings. The van der Waals surface area contributed by atoms with Crippen LogP contribution in [-0.2, 0) is 45.7 Å². The number of rotatable bonds is 6. The van der Waals surface area contributed by atoms with Crippen LogP contribution >= 0.6 is 11.6 Å². The Hall–Kier alpha value is -3.02. The Kier molecular flexibility index (Phi) is 7.19. The first-order valence-corrected chi connectivity index (χ1v) is 14.5. The largest absolute Gasteiger partial charge is 0.350 e. The Balaban J connectivity index is 1.38. The number of sulfonamides is 1. The number of carbonyl (C=O) groups excluding carboxylic acids is 2. The second-order valence-electron chi connectivity index (χ2n) is 9.70. The van der Waals surface area contributed by atoms with Gasteiger partial charge < -0.3 is 14.8 Å². The molecule has 1 aromatic heterocycles. The Bertz CT molecular complexity index is 1530. The number of aromatic nitrogens is 1. The van der Waals surface area contributed by atoms with Gasteiger partial charge in [-0.05, 0) is 24.1 Å². The molecule has 5 rings (SSSR count). The average molecular weight is 565 g/mol. The van der Waals surface area contributed by atoms with Crippen LogP contribution in [-0.4, -0.2) is 65.6 Å². The van der Waals surface area contributed by atoms with Crippen molar-refractivity contribution in [1.82, 2.24) is 19.1 Å². The standard InChI is InChI=1S/C26H27ClF2N4O4S/c1-38(36,37)31-10-9-19-18-6-2-3-8-21(18)32(23(19)14-31)15-24(34)33-13-17(28)11-22(33)26(35)30-12-16-5-4-7-20(27)25(16)29/h2-8,17,22H,9-15H2,1H3,(H,30,35). The number of likely N-dealkylation sites (tertiary alicyclic amines) is 1. The van der Waals surface area contributed by atoms with E-state index in [1.165, 1.54) is 21.3 Å². The molecule has 1 fully saturated rings. The molecule has 1 N–H and O–H groups in total. The van der Waals surface area contributed by atoms with Gasteiger partial charge in [0.05, 0.1) is 24.4 Å². The van der Waals surface area contributed by atoms with Crippen LogP contribution in [0, 0.1) is 5.82 Å². The molecular weight excluding hydrogens is 538 g/mol. The van der Waals surface area contributed by atoms with Crippen molar-refractivity contribution < 1.29 is 26.8 Å². The van der Waals surface area contributed by atoms with Crippen LogP contribution in [0.1, 0.15) is 23.2 Å². The second-order valence-corrected chi connectivity index (χ2v) is 12.1. The van der Waals surface area contributed by atoms with Crippen molar-refractivity contribution >= 4 is 44.3 Å². The minimum absolute atomic E-state index is 0.0741. The molecule has 2 atom stereocenters. The van der Waals surface area contributed by atoms with Gasteiger partial charge in [-0.25, -0.2) is 17.2 Å². The normalized spacial score (nSPS) is 20.1. The molecule has 38 heavy (non-hydrogen) atoms. The monoisotopic (exact) mass is 564 g/mol. The van der Waals surface area contributed by atoms with E-state index < -0.39 is 39.9 Å². The van der Waals surface area contributed by atoms with Crippen molar-refractivity contribution in [2.75, 3.05) is 19.3 Å². The lowest BCUT2D eigenvalue weighted by Crippen LogP contribution is -2.47. The minimum Gasteiger partial charge on any atom is -0.350 e. The van der Waals surface area contributed by atoms with Crippen molar-refractivity contribution in [2.45, 2.75) is 44.7 Å². The molecule has 8 nitrogen and oxygen atoms in total. The smallest absolute Gasteiger partial charge is 0.243 e. The quantitative estimate of drug-likeness (QED) is 0.498. The zero-order chi connectivity index (χ0) is 27.2. The molecule has 3 heterocycles. The molecule has 0 spiro atoms. The molecule has 0 bridgehead atoms. The highest BCUT2D eigenvalue weighted by Gasteiger charge is 2.40. The predicted octanol–water partition coefficient (Wildman–Crippen LogP) is 3.01. The average Bonchev–Trinajstić information content (AvgIpc) is 3.42. The van der Waals surface area contributed by atoms with E-state index in [9.17, 15) is 26.8 Å². The number of nitrogens with one attached hydrogen (secondary N) is 1. The molecular formula is C26H27ClF2N4O4S. The van der Waals surface area contributed by atoms with Crippen LogP contribution in [0.15, 0.2) is 42.5 Å². The summed E-state index contributed by atoms with van der Waals surface area (Å²) in [4.78, 5) is 27.7. The molecule has 202 valence electrons. The number of hydrogen-bond acceptors (Lipinski definition) is 4. The number of benzene rings is 2. The summed E-state index contributed by atoms with van der Waals surface area (Å²) >= 11 is 5.80. The van der Waals surface area contributed by atoms with E-state index in [1.807, 2.05) is 24.3 Å². The Labute approximate surface area is 224 Å². The summed E-state index contributed by atoms with van der Waals surface area (Å²) in [6.45, 7) is -0.0974. The van der Waals surface area contributed by atoms with Gasteiger partial charge >= 0.3 is 0 Å². The van der Waals surface area contributed by atoms with Crippen molar-refractivity contribution in [2.24, 2.45) is 0 Å². The maximum atomic E-state index is 14.5. The third-order valence-corrected chi connectivity index (χ3v) is 8.79. The zero-order valence-corrected chi connectivity index (χ0v) is 22.2. The van der Waals surface area contributed by atoms with E-state index in [4.69, 9.17) is 11.6 Å². The summed E-state index contributed by atoms with van der Waals surface area (Å²) < 4.78 is 56.3. The number of nitrogens with zero attached hydrogens (tertiary/aromatic N) is 3. The first-order valence-electron chi connectivity index (χ1n) is 12.2. The fourth-order valence-corrected chi connectivity index (χ4v) is 6.33. The fraction of sp³-hybridized carbons (Fsp3) is 0.385. The molecule has 2 amide bonds. The molecule has 1 saturated heterocycles. The first-order chi connectivity index (χ1) is 18.0. The van der Waals surface area contributed by atoms with Crippen LogP contribution in [0.3, 0.4) is 0 Å². The lowest BCUT2D eigenvalue weighted by Gasteiger charge is -2.28. The number of hydrogen-bond donors (Lipinski definition) is 1. The van der Waals surface area contributed by atoms with Crippen LogP contribution < -0.4 is 5.32 Å². The molecule has 2 aromatic carbocycles. The minimum atomic E-state index is -3.44. The van der Waals surface area contributed by atoms with E-state index in [0.29, 0.717) is 18.7 Å². The Morgan fingerprint density at radius 1 is 1.16 bits per heavy atom. The molecule has 2 unspecified atom stereocenters. The zero-order valence-electron chi connectivity index (χ0n) is 20.7. The molecule has 12 heteroatoms. The summed E-state index contributed by atoms with van der Waals surface area (Å²) in [6, 6.07) is 10.9. The topological polar surface area (TPSA) is 91.7 Å². The molecule has 0 aliphatic carbocycles. The number of para-hydroxylation sites is 1. The van der Waals surface area contributed by atoms with Gasteiger partial charge in [-0.1, -0.05) is 41.9 Å². The van der Waals surface area contributed by atoms with Gasteiger partial charge in [-0.3, -0.25) is 9.59 Å². The van der Waals surface area contributed by atoms with E-state index in [0.717, 1.165) is 22.7 Å². The summed E-state index contributed by atoms with van der Waals surface area (Å²) in [5.74, 6) is -1.69. The fourth-order valence-electron chi connectivity index (χ4n) is 5.35. The van der Waals surface area contributed by atoms with Gasteiger partial charge in [0.25, 0.3) is 0 Å². The summed E-state index contributed by atoms with van der Waals surface area (Å²) in [7, 11) is -3.44. The van der Waals surface area contributed by atoms with Crippen LogP contribution in [0.5, 0.6) is 0 Å². The van der Waals surface area contributed by atoms with E-state index in [-0.39, 0.29) is 43.2 Å². The van der Waals surface area contributed by atoms with Gasteiger partial charge in [0.2, 0.25) is 21.8 Å². The van der Waals surface area contributed by atoms with E-state index >= 15 is 0 Å². The van der Waals surface area contributed by atoms with Crippen molar-refractivity contribution in [3.05, 3.63) is 70.1 Å². The third kappa shape index (κ3) is 5.02. The Morgan fingerprint density at radius 3 is 2.68 bits per heavy atom. The first kappa shape index (κ1) is 26.6. The van der Waals surface area contributed by atoms with Gasteiger partial charge in [-0.15, -0.1) is 0 Å². The second kappa shape index (κ2) is 10.3. The number of carbonyl (C=O) groups is 2. The van der Waals surface area contributed by atoms with Gasteiger partial charge in [-0.2, -0.15) is 4.31 Å².